The molecule has 7 nitrogen and oxygen atoms in total. The molecule has 3 aliphatic rings. The Balaban J connectivity index is 1.40. The largest absolute Gasteiger partial charge is 0.467 e. The van der Waals surface area contributed by atoms with Crippen LogP contribution in [0.15, 0.2) is 22.8 Å². The molecule has 1 aromatic heterocycles. The number of carbonyl (C=O) groups excluding carboxylic acids is 2. The van der Waals surface area contributed by atoms with Gasteiger partial charge in [-0.1, -0.05) is 6.42 Å². The molecule has 0 saturated carbocycles. The Morgan fingerprint density at radius 1 is 1.27 bits per heavy atom. The van der Waals surface area contributed by atoms with E-state index in [2.05, 4.69) is 4.90 Å². The van der Waals surface area contributed by atoms with E-state index in [9.17, 15) is 9.59 Å². The van der Waals surface area contributed by atoms with E-state index >= 15 is 0 Å². The molecule has 3 aliphatic heterocycles. The summed E-state index contributed by atoms with van der Waals surface area (Å²) in [6, 6.07) is 4.29. The van der Waals surface area contributed by atoms with Crippen molar-refractivity contribution < 1.29 is 18.7 Å². The van der Waals surface area contributed by atoms with Gasteiger partial charge in [0.15, 0.2) is 0 Å². The van der Waals surface area contributed by atoms with Crippen LogP contribution in [0.25, 0.3) is 0 Å². The van der Waals surface area contributed by atoms with Crippen molar-refractivity contribution in [1.29, 1.82) is 0 Å². The number of ether oxygens (including phenoxy) is 1. The fraction of sp³-hybridized carbons (Fsp3) is 0.739. The van der Waals surface area contributed by atoms with Gasteiger partial charge in [-0.25, -0.2) is 0 Å². The van der Waals surface area contributed by atoms with Gasteiger partial charge in [0.25, 0.3) is 0 Å². The fourth-order valence-electron chi connectivity index (χ4n) is 5.51. The molecule has 7 heteroatoms. The topological polar surface area (TPSA) is 66.2 Å². The lowest BCUT2D eigenvalue weighted by atomic mass is 9.83. The van der Waals surface area contributed by atoms with Crippen molar-refractivity contribution >= 4 is 11.8 Å². The molecular formula is C23H35N3O4. The van der Waals surface area contributed by atoms with Gasteiger partial charge >= 0.3 is 0 Å². The fourth-order valence-corrected chi connectivity index (χ4v) is 5.51. The quantitative estimate of drug-likeness (QED) is 0.650. The molecule has 4 rings (SSSR count). The molecule has 0 aliphatic carbocycles. The maximum atomic E-state index is 13.4. The number of piperidine rings is 2. The highest BCUT2D eigenvalue weighted by Gasteiger charge is 2.39. The smallest absolute Gasteiger partial charge is 0.228 e. The average molecular weight is 418 g/mol. The maximum Gasteiger partial charge on any atom is 0.228 e. The number of nitrogens with zero attached hydrogens (tertiary/aromatic N) is 3. The highest BCUT2D eigenvalue weighted by molar-refractivity contribution is 5.89. The Morgan fingerprint density at radius 2 is 2.13 bits per heavy atom. The summed E-state index contributed by atoms with van der Waals surface area (Å²) >= 11 is 0. The van der Waals surface area contributed by atoms with Crippen molar-refractivity contribution in [3.8, 4) is 0 Å². The third kappa shape index (κ3) is 4.89. The first kappa shape index (κ1) is 21.4. The molecule has 0 spiro atoms. The number of likely N-dealkylation sites (tertiary alicyclic amines) is 1. The number of furan rings is 1. The van der Waals surface area contributed by atoms with Crippen LogP contribution >= 0.6 is 0 Å². The predicted octanol–water partition coefficient (Wildman–Crippen LogP) is 2.37. The summed E-state index contributed by atoms with van der Waals surface area (Å²) in [5, 5.41) is 0. The Labute approximate surface area is 179 Å². The van der Waals surface area contributed by atoms with E-state index in [0.717, 1.165) is 12.3 Å². The SMILES string of the molecule is COCCN(C[C@@H]1CCCN2CCCC[C@H]12)C(=O)[C@H]1CC(=O)N(Cc2ccco2)C1. The lowest BCUT2D eigenvalue weighted by Gasteiger charge is -2.46. The van der Waals surface area contributed by atoms with Crippen molar-refractivity contribution in [3.05, 3.63) is 24.2 Å². The second-order valence-corrected chi connectivity index (χ2v) is 9.03. The summed E-state index contributed by atoms with van der Waals surface area (Å²) in [7, 11) is 1.68. The van der Waals surface area contributed by atoms with E-state index < -0.39 is 0 Å². The van der Waals surface area contributed by atoms with Crippen LogP contribution in [0.5, 0.6) is 0 Å². The molecule has 0 bridgehead atoms. The van der Waals surface area contributed by atoms with E-state index in [1.54, 1.807) is 18.3 Å². The highest BCUT2D eigenvalue weighted by Crippen LogP contribution is 2.32. The normalized spacial score (nSPS) is 27.3. The molecule has 2 amide bonds. The molecule has 3 atom stereocenters. The summed E-state index contributed by atoms with van der Waals surface area (Å²) in [5.74, 6) is 1.15. The molecule has 30 heavy (non-hydrogen) atoms. The number of fused-ring (bicyclic) bond motifs is 1. The lowest BCUT2D eigenvalue weighted by Crippen LogP contribution is -2.52. The zero-order chi connectivity index (χ0) is 20.9. The third-order valence-electron chi connectivity index (χ3n) is 7.05. The van der Waals surface area contributed by atoms with Crippen LogP contribution in [0.1, 0.15) is 44.3 Å². The second kappa shape index (κ2) is 9.96. The third-order valence-corrected chi connectivity index (χ3v) is 7.05. The minimum absolute atomic E-state index is 0.0348. The van der Waals surface area contributed by atoms with Gasteiger partial charge in [-0.15, -0.1) is 0 Å². The molecule has 0 N–H and O–H groups in total. The van der Waals surface area contributed by atoms with E-state index in [0.29, 0.717) is 44.6 Å². The minimum atomic E-state index is -0.268. The Kier molecular flexibility index (Phi) is 7.10. The summed E-state index contributed by atoms with van der Waals surface area (Å²) < 4.78 is 10.7. The van der Waals surface area contributed by atoms with Crippen LogP contribution in [0.3, 0.4) is 0 Å². The lowest BCUT2D eigenvalue weighted by molar-refractivity contribution is -0.137. The Morgan fingerprint density at radius 3 is 2.93 bits per heavy atom. The van der Waals surface area contributed by atoms with Crippen molar-refractivity contribution in [2.24, 2.45) is 11.8 Å². The van der Waals surface area contributed by atoms with Crippen molar-refractivity contribution in [3.63, 3.8) is 0 Å². The monoisotopic (exact) mass is 417 g/mol. The molecule has 0 radical (unpaired) electrons. The van der Waals surface area contributed by atoms with Gasteiger partial charge in [0.1, 0.15) is 5.76 Å². The van der Waals surface area contributed by atoms with E-state index in [1.165, 1.54) is 45.2 Å². The molecule has 0 aromatic carbocycles. The van der Waals surface area contributed by atoms with Crippen LogP contribution in [0.4, 0.5) is 0 Å². The van der Waals surface area contributed by atoms with E-state index in [1.807, 2.05) is 17.0 Å². The summed E-state index contributed by atoms with van der Waals surface area (Å²) in [5.41, 5.74) is 0. The molecule has 4 heterocycles. The van der Waals surface area contributed by atoms with Crippen LogP contribution in [-0.4, -0.2) is 79.0 Å². The summed E-state index contributed by atoms with van der Waals surface area (Å²) in [6.45, 7) is 5.23. The van der Waals surface area contributed by atoms with Gasteiger partial charge in [0, 0.05) is 39.2 Å². The van der Waals surface area contributed by atoms with Crippen LogP contribution in [-0.2, 0) is 20.9 Å². The van der Waals surface area contributed by atoms with E-state index in [-0.39, 0.29) is 17.7 Å². The minimum Gasteiger partial charge on any atom is -0.467 e. The van der Waals surface area contributed by atoms with Crippen molar-refractivity contribution in [1.82, 2.24) is 14.7 Å². The van der Waals surface area contributed by atoms with Gasteiger partial charge in [-0.05, 0) is 56.8 Å². The van der Waals surface area contributed by atoms with Gasteiger partial charge in [-0.2, -0.15) is 0 Å². The van der Waals surface area contributed by atoms with Gasteiger partial charge < -0.3 is 23.9 Å². The number of carbonyl (C=O) groups is 2. The van der Waals surface area contributed by atoms with Crippen molar-refractivity contribution in [2.75, 3.05) is 46.4 Å². The summed E-state index contributed by atoms with van der Waals surface area (Å²) in [6.07, 6.45) is 8.15. The Hall–Kier alpha value is -1.86. The molecular weight excluding hydrogens is 382 g/mol. The van der Waals surface area contributed by atoms with Crippen LogP contribution in [0.2, 0.25) is 0 Å². The average Bonchev–Trinajstić information content (AvgIpc) is 3.41. The number of methoxy groups -OCH3 is 1. The molecule has 0 unspecified atom stereocenters. The van der Waals surface area contributed by atoms with Gasteiger partial charge in [-0.3, -0.25) is 9.59 Å². The Bertz CT molecular complexity index is 705. The molecule has 3 fully saturated rings. The van der Waals surface area contributed by atoms with Crippen LogP contribution < -0.4 is 0 Å². The first-order valence-electron chi connectivity index (χ1n) is 11.5. The zero-order valence-corrected chi connectivity index (χ0v) is 18.1. The van der Waals surface area contributed by atoms with Gasteiger partial charge in [0.05, 0.1) is 25.3 Å². The number of rotatable bonds is 8. The molecule has 1 aromatic rings. The molecule has 166 valence electrons. The number of hydrogen-bond acceptors (Lipinski definition) is 5. The van der Waals surface area contributed by atoms with Crippen molar-refractivity contribution in [2.45, 2.75) is 51.1 Å². The number of hydrogen-bond donors (Lipinski definition) is 0. The number of amides is 2. The highest BCUT2D eigenvalue weighted by atomic mass is 16.5. The zero-order valence-electron chi connectivity index (χ0n) is 18.1. The van der Waals surface area contributed by atoms with Gasteiger partial charge in [0.2, 0.25) is 11.8 Å². The van der Waals surface area contributed by atoms with Crippen LogP contribution in [0, 0.1) is 11.8 Å². The first-order chi connectivity index (χ1) is 14.7. The standard InChI is InChI=1S/C23H35N3O4/c1-29-13-11-25(15-18-6-4-10-24-9-3-2-8-21(18)24)23(28)19-14-22(27)26(16-19)17-20-7-5-12-30-20/h5,7,12,18-19,21H,2-4,6,8-11,13-17H2,1H3/t18-,19-,21+/m0/s1. The first-order valence-corrected chi connectivity index (χ1v) is 11.5. The molecule has 3 saturated heterocycles. The van der Waals surface area contributed by atoms with E-state index in [4.69, 9.17) is 9.15 Å². The maximum absolute atomic E-state index is 13.4. The predicted molar refractivity (Wildman–Crippen MR) is 113 cm³/mol. The second-order valence-electron chi connectivity index (χ2n) is 9.03. The summed E-state index contributed by atoms with van der Waals surface area (Å²) in [4.78, 5) is 32.3.